The summed E-state index contributed by atoms with van der Waals surface area (Å²) in [5, 5.41) is 2.90. The molecule has 0 bridgehead atoms. The Morgan fingerprint density at radius 3 is 2.28 bits per heavy atom. The van der Waals surface area contributed by atoms with E-state index in [1.54, 1.807) is 0 Å². The number of amides is 1. The molecule has 0 unspecified atom stereocenters. The third-order valence-corrected chi connectivity index (χ3v) is 5.07. The van der Waals surface area contributed by atoms with Crippen LogP contribution in [-0.2, 0) is 9.59 Å². The van der Waals surface area contributed by atoms with Gasteiger partial charge in [0.25, 0.3) is 0 Å². The monoisotopic (exact) mass is 289 g/mol. The van der Waals surface area contributed by atoms with Crippen LogP contribution in [0.3, 0.4) is 0 Å². The highest BCUT2D eigenvalue weighted by atomic mass is 32.1. The van der Waals surface area contributed by atoms with E-state index in [1.165, 1.54) is 19.4 Å². The Bertz CT molecular complexity index is 277. The predicted molar refractivity (Wildman–Crippen MR) is 83.0 cm³/mol. The number of hydrogen-bond donors (Lipinski definition) is 2. The van der Waals surface area contributed by atoms with Crippen molar-refractivity contribution in [3.8, 4) is 0 Å². The van der Waals surface area contributed by atoms with Crippen LogP contribution in [0.4, 0.5) is 0 Å². The summed E-state index contributed by atoms with van der Waals surface area (Å²) in [6.07, 6.45) is 2.49. The van der Waals surface area contributed by atoms with Crippen LogP contribution in [0.2, 0.25) is 25.7 Å². The summed E-state index contributed by atoms with van der Waals surface area (Å²) in [4.78, 5) is 22.8. The number of ketones is 1. The van der Waals surface area contributed by atoms with E-state index in [0.29, 0.717) is 18.7 Å². The molecule has 5 heteroatoms. The Morgan fingerprint density at radius 2 is 1.83 bits per heavy atom. The molecule has 0 spiro atoms. The number of unbranched alkanes of at least 4 members (excludes halogenated alkanes) is 1. The van der Waals surface area contributed by atoms with Crippen LogP contribution in [0.25, 0.3) is 0 Å². The minimum Gasteiger partial charge on any atom is -0.356 e. The third kappa shape index (κ3) is 9.71. The molecule has 0 radical (unpaired) electrons. The summed E-state index contributed by atoms with van der Waals surface area (Å²) in [5.74, 6) is 0.166. The van der Waals surface area contributed by atoms with Gasteiger partial charge in [-0.3, -0.25) is 4.79 Å². The van der Waals surface area contributed by atoms with E-state index in [4.69, 9.17) is 0 Å². The van der Waals surface area contributed by atoms with Gasteiger partial charge in [-0.25, -0.2) is 0 Å². The molecule has 0 saturated heterocycles. The number of hydrogen-bond acceptors (Lipinski definition) is 3. The molecular weight excluding hydrogens is 262 g/mol. The molecule has 3 nitrogen and oxygen atoms in total. The van der Waals surface area contributed by atoms with Crippen molar-refractivity contribution < 1.29 is 9.59 Å². The second-order valence-corrected chi connectivity index (χ2v) is 12.1. The highest BCUT2D eigenvalue weighted by Crippen LogP contribution is 2.12. The zero-order chi connectivity index (χ0) is 14.2. The second kappa shape index (κ2) is 8.75. The Hall–Kier alpha value is -0.293. The average molecular weight is 290 g/mol. The van der Waals surface area contributed by atoms with Gasteiger partial charge in [0.05, 0.1) is 5.92 Å². The zero-order valence-corrected chi connectivity index (χ0v) is 14.0. The van der Waals surface area contributed by atoms with E-state index < -0.39 is 8.07 Å². The van der Waals surface area contributed by atoms with Crippen LogP contribution in [-0.4, -0.2) is 32.1 Å². The van der Waals surface area contributed by atoms with E-state index in [2.05, 4.69) is 37.6 Å². The number of rotatable bonds is 9. The highest BCUT2D eigenvalue weighted by Gasteiger charge is 2.18. The van der Waals surface area contributed by atoms with Gasteiger partial charge in [0.15, 0.2) is 0 Å². The summed E-state index contributed by atoms with van der Waals surface area (Å²) >= 11 is 4.12. The largest absolute Gasteiger partial charge is 0.356 e. The van der Waals surface area contributed by atoms with Crippen LogP contribution in [0, 0.1) is 5.92 Å². The first kappa shape index (κ1) is 17.7. The molecule has 18 heavy (non-hydrogen) atoms. The van der Waals surface area contributed by atoms with Crippen LogP contribution in [0.5, 0.6) is 0 Å². The van der Waals surface area contributed by atoms with Crippen molar-refractivity contribution in [3.63, 3.8) is 0 Å². The van der Waals surface area contributed by atoms with Crippen molar-refractivity contribution in [2.75, 3.05) is 12.3 Å². The van der Waals surface area contributed by atoms with E-state index in [0.717, 1.165) is 6.42 Å². The summed E-state index contributed by atoms with van der Waals surface area (Å²) in [7, 11) is -0.954. The quantitative estimate of drug-likeness (QED) is 0.389. The lowest BCUT2D eigenvalue weighted by Crippen LogP contribution is -2.33. The Labute approximate surface area is 118 Å². The Kier molecular flexibility index (Phi) is 8.60. The SMILES string of the molecule is CC(=O)C[C@@H](CS)C(=O)NCCCC[Si](C)(C)C. The molecule has 0 fully saturated rings. The maximum atomic E-state index is 11.8. The smallest absolute Gasteiger partial charge is 0.224 e. The molecule has 1 amide bonds. The van der Waals surface area contributed by atoms with Gasteiger partial charge in [-0.15, -0.1) is 0 Å². The maximum Gasteiger partial charge on any atom is 0.224 e. The molecule has 0 rings (SSSR count). The van der Waals surface area contributed by atoms with E-state index in [1.807, 2.05) is 0 Å². The van der Waals surface area contributed by atoms with Crippen LogP contribution >= 0.6 is 12.6 Å². The third-order valence-electron chi connectivity index (χ3n) is 2.78. The van der Waals surface area contributed by atoms with Crippen molar-refractivity contribution >= 4 is 32.4 Å². The first-order valence-corrected chi connectivity index (χ1v) is 11.0. The first-order valence-electron chi connectivity index (χ1n) is 6.64. The zero-order valence-electron chi connectivity index (χ0n) is 12.1. The lowest BCUT2D eigenvalue weighted by atomic mass is 10.0. The molecule has 0 aliphatic rings. The van der Waals surface area contributed by atoms with Gasteiger partial charge in [0.1, 0.15) is 5.78 Å². The Morgan fingerprint density at radius 1 is 1.22 bits per heavy atom. The minimum absolute atomic E-state index is 0.0341. The molecule has 1 N–H and O–H groups in total. The van der Waals surface area contributed by atoms with Crippen LogP contribution in [0.1, 0.15) is 26.2 Å². The van der Waals surface area contributed by atoms with Gasteiger partial charge in [0, 0.05) is 26.8 Å². The molecule has 0 aromatic carbocycles. The molecular formula is C13H27NO2SSi. The molecule has 0 saturated carbocycles. The van der Waals surface area contributed by atoms with Gasteiger partial charge < -0.3 is 10.1 Å². The summed E-state index contributed by atoms with van der Waals surface area (Å²) in [5.41, 5.74) is 0. The summed E-state index contributed by atoms with van der Waals surface area (Å²) in [6, 6.07) is 1.30. The normalized spacial score (nSPS) is 13.2. The fourth-order valence-corrected chi connectivity index (χ4v) is 3.33. The van der Waals surface area contributed by atoms with E-state index in [9.17, 15) is 9.59 Å². The lowest BCUT2D eigenvalue weighted by molar-refractivity contribution is -0.128. The molecule has 0 aromatic heterocycles. The first-order chi connectivity index (χ1) is 8.26. The number of thiol groups is 1. The fourth-order valence-electron chi connectivity index (χ4n) is 1.72. The topological polar surface area (TPSA) is 46.2 Å². The molecule has 106 valence electrons. The van der Waals surface area contributed by atoms with Crippen molar-refractivity contribution in [1.82, 2.24) is 5.32 Å². The van der Waals surface area contributed by atoms with Crippen LogP contribution in [0.15, 0.2) is 0 Å². The Balaban J connectivity index is 3.78. The number of carbonyl (C=O) groups is 2. The van der Waals surface area contributed by atoms with Gasteiger partial charge in [-0.1, -0.05) is 32.1 Å². The average Bonchev–Trinajstić information content (AvgIpc) is 2.23. The summed E-state index contributed by atoms with van der Waals surface area (Å²) in [6.45, 7) is 9.29. The molecule has 0 aromatic rings. The summed E-state index contributed by atoms with van der Waals surface area (Å²) < 4.78 is 0. The highest BCUT2D eigenvalue weighted by molar-refractivity contribution is 7.80. The molecule has 0 aliphatic carbocycles. The van der Waals surface area contributed by atoms with Crippen molar-refractivity contribution in [1.29, 1.82) is 0 Å². The van der Waals surface area contributed by atoms with E-state index in [-0.39, 0.29) is 17.6 Å². The lowest BCUT2D eigenvalue weighted by Gasteiger charge is -2.16. The van der Waals surface area contributed by atoms with Gasteiger partial charge in [-0.05, 0) is 13.3 Å². The fraction of sp³-hybridized carbons (Fsp3) is 0.846. The predicted octanol–water partition coefficient (Wildman–Crippen LogP) is 2.75. The number of nitrogens with one attached hydrogen (secondary N) is 1. The number of Topliss-reactive ketones (excluding diaryl/α,β-unsaturated/α-hetero) is 1. The maximum absolute atomic E-state index is 11.8. The molecule has 1 atom stereocenters. The number of carbonyl (C=O) groups excluding carboxylic acids is 2. The minimum atomic E-state index is -0.954. The molecule has 0 heterocycles. The van der Waals surface area contributed by atoms with Crippen LogP contribution < -0.4 is 5.32 Å². The second-order valence-electron chi connectivity index (χ2n) is 6.09. The van der Waals surface area contributed by atoms with Gasteiger partial charge in [-0.2, -0.15) is 12.6 Å². The standard InChI is InChI=1S/C13H27NO2SSi/c1-11(15)9-12(10-17)13(16)14-7-5-6-8-18(2,3)4/h12,17H,5-10H2,1-4H3,(H,14,16)/t12-/m0/s1. The van der Waals surface area contributed by atoms with Crippen molar-refractivity contribution in [2.24, 2.45) is 5.92 Å². The van der Waals surface area contributed by atoms with Gasteiger partial charge in [0.2, 0.25) is 5.91 Å². The van der Waals surface area contributed by atoms with E-state index >= 15 is 0 Å². The van der Waals surface area contributed by atoms with Gasteiger partial charge >= 0.3 is 0 Å². The van der Waals surface area contributed by atoms with Crippen molar-refractivity contribution in [2.45, 2.75) is 51.9 Å². The molecule has 0 aliphatic heterocycles. The van der Waals surface area contributed by atoms with Crippen molar-refractivity contribution in [3.05, 3.63) is 0 Å².